The molecular formula is C24H27ClN4O2S. The van der Waals surface area contributed by atoms with E-state index in [2.05, 4.69) is 37.4 Å². The lowest BCUT2D eigenvalue weighted by Gasteiger charge is -2.35. The van der Waals surface area contributed by atoms with Gasteiger partial charge in [-0.1, -0.05) is 23.7 Å². The predicted molar refractivity (Wildman–Crippen MR) is 134 cm³/mol. The molecule has 2 aliphatic rings. The van der Waals surface area contributed by atoms with E-state index in [0.29, 0.717) is 42.4 Å². The van der Waals surface area contributed by atoms with E-state index in [-0.39, 0.29) is 6.03 Å². The topological polar surface area (TPSA) is 66.3 Å². The molecule has 8 heteroatoms. The van der Waals surface area contributed by atoms with Crippen molar-refractivity contribution in [2.24, 2.45) is 9.98 Å². The number of thioether (sulfide) groups is 1. The Labute approximate surface area is 198 Å². The number of carbonyl (C=O) groups is 1. The van der Waals surface area contributed by atoms with Crippen molar-refractivity contribution in [3.63, 3.8) is 0 Å². The molecule has 32 heavy (non-hydrogen) atoms. The first-order chi connectivity index (χ1) is 15.3. The van der Waals surface area contributed by atoms with Crippen LogP contribution < -0.4 is 10.1 Å². The number of urea groups is 1. The van der Waals surface area contributed by atoms with Crippen LogP contribution in [0.15, 0.2) is 46.4 Å². The van der Waals surface area contributed by atoms with E-state index in [9.17, 15) is 4.79 Å². The van der Waals surface area contributed by atoms with Gasteiger partial charge >= 0.3 is 6.03 Å². The van der Waals surface area contributed by atoms with Gasteiger partial charge < -0.3 is 15.0 Å². The summed E-state index contributed by atoms with van der Waals surface area (Å²) in [6.07, 6.45) is 3.41. The molecule has 0 unspecified atom stereocenters. The molecule has 2 aliphatic heterocycles. The molecule has 0 aliphatic carbocycles. The zero-order valence-corrected chi connectivity index (χ0v) is 20.3. The molecule has 1 saturated heterocycles. The highest BCUT2D eigenvalue weighted by atomic mass is 35.5. The lowest BCUT2D eigenvalue weighted by molar-refractivity contribution is 0.175. The molecule has 0 saturated carbocycles. The normalized spacial score (nSPS) is 17.2. The first-order valence-electron chi connectivity index (χ1n) is 10.6. The number of halogens is 1. The summed E-state index contributed by atoms with van der Waals surface area (Å²) in [5.41, 5.74) is 4.64. The Morgan fingerprint density at radius 2 is 1.88 bits per heavy atom. The van der Waals surface area contributed by atoms with Crippen LogP contribution in [0.2, 0.25) is 5.02 Å². The zero-order chi connectivity index (χ0) is 22.9. The van der Waals surface area contributed by atoms with Crippen molar-refractivity contribution in [2.45, 2.75) is 32.4 Å². The van der Waals surface area contributed by atoms with E-state index < -0.39 is 5.66 Å². The van der Waals surface area contributed by atoms with Gasteiger partial charge in [-0.3, -0.25) is 4.99 Å². The maximum absolute atomic E-state index is 12.9. The summed E-state index contributed by atoms with van der Waals surface area (Å²) in [4.78, 5) is 24.8. The number of rotatable bonds is 3. The summed E-state index contributed by atoms with van der Waals surface area (Å²) in [6, 6.07) is 11.4. The number of ether oxygens (including phenoxy) is 1. The predicted octanol–water partition coefficient (Wildman–Crippen LogP) is 5.55. The number of methoxy groups -OCH3 is 1. The summed E-state index contributed by atoms with van der Waals surface area (Å²) in [7, 11) is 1.57. The Morgan fingerprint density at radius 3 is 2.53 bits per heavy atom. The van der Waals surface area contributed by atoms with Crippen molar-refractivity contribution >= 4 is 45.8 Å². The highest BCUT2D eigenvalue weighted by Crippen LogP contribution is 2.36. The van der Waals surface area contributed by atoms with Crippen LogP contribution in [0.1, 0.15) is 29.5 Å². The van der Waals surface area contributed by atoms with Crippen LogP contribution in [0.4, 0.5) is 10.5 Å². The number of likely N-dealkylation sites (tertiary alicyclic amines) is 1. The fourth-order valence-corrected chi connectivity index (χ4v) is 4.80. The molecular weight excluding hydrogens is 444 g/mol. The maximum atomic E-state index is 12.9. The molecule has 2 heterocycles. The van der Waals surface area contributed by atoms with E-state index in [4.69, 9.17) is 26.3 Å². The number of hydrogen-bond acceptors (Lipinski definition) is 5. The van der Waals surface area contributed by atoms with Crippen molar-refractivity contribution in [1.29, 1.82) is 0 Å². The van der Waals surface area contributed by atoms with Crippen LogP contribution >= 0.6 is 23.4 Å². The van der Waals surface area contributed by atoms with E-state index in [0.717, 1.165) is 16.3 Å². The van der Waals surface area contributed by atoms with Crippen LogP contribution in [-0.4, -0.2) is 53.8 Å². The highest BCUT2D eigenvalue weighted by Gasteiger charge is 2.40. The molecule has 0 bridgehead atoms. The lowest BCUT2D eigenvalue weighted by Crippen LogP contribution is -2.46. The summed E-state index contributed by atoms with van der Waals surface area (Å²) >= 11 is 7.71. The second kappa shape index (κ2) is 9.16. The van der Waals surface area contributed by atoms with Crippen LogP contribution in [0.3, 0.4) is 0 Å². The summed E-state index contributed by atoms with van der Waals surface area (Å²) in [6.45, 7) is 5.37. The average molecular weight is 471 g/mol. The molecule has 0 radical (unpaired) electrons. The zero-order valence-electron chi connectivity index (χ0n) is 18.7. The third-order valence-corrected chi connectivity index (χ3v) is 6.97. The van der Waals surface area contributed by atoms with E-state index in [1.165, 1.54) is 11.1 Å². The number of amides is 2. The van der Waals surface area contributed by atoms with E-state index in [1.807, 2.05) is 6.26 Å². The number of hydrogen-bond donors (Lipinski definition) is 1. The number of aryl methyl sites for hydroxylation is 2. The number of carbonyl (C=O) groups excluding carboxylic acids is 1. The van der Waals surface area contributed by atoms with Crippen molar-refractivity contribution < 1.29 is 9.53 Å². The summed E-state index contributed by atoms with van der Waals surface area (Å²) < 4.78 is 5.33. The Kier molecular flexibility index (Phi) is 6.49. The SMILES string of the molecule is COc1ccc(Cl)cc1NC(=O)N1CCC2(CC1)N=C(SC)C(c1ccc(C)c(C)c1)=N2. The maximum Gasteiger partial charge on any atom is 0.321 e. The smallest absolute Gasteiger partial charge is 0.321 e. The van der Waals surface area contributed by atoms with Crippen LogP contribution in [-0.2, 0) is 0 Å². The molecule has 4 rings (SSSR count). The van der Waals surface area contributed by atoms with Gasteiger partial charge in [-0.2, -0.15) is 0 Å². The van der Waals surface area contributed by atoms with Crippen molar-refractivity contribution in [2.75, 3.05) is 31.8 Å². The minimum Gasteiger partial charge on any atom is -0.495 e. The Hall–Kier alpha value is -2.51. The molecule has 168 valence electrons. The molecule has 2 aromatic rings. The van der Waals surface area contributed by atoms with Gasteiger partial charge in [-0.25, -0.2) is 9.79 Å². The first kappa shape index (κ1) is 22.7. The number of nitrogens with one attached hydrogen (secondary N) is 1. The van der Waals surface area contributed by atoms with Gasteiger partial charge in [0, 0.05) is 36.5 Å². The highest BCUT2D eigenvalue weighted by molar-refractivity contribution is 8.15. The number of benzene rings is 2. The molecule has 2 aromatic carbocycles. The number of aliphatic imine (C=N–C) groups is 2. The van der Waals surface area contributed by atoms with Gasteiger partial charge in [0.05, 0.1) is 18.5 Å². The van der Waals surface area contributed by atoms with Crippen molar-refractivity contribution in [3.05, 3.63) is 58.1 Å². The van der Waals surface area contributed by atoms with Crippen molar-refractivity contribution in [1.82, 2.24) is 4.90 Å². The standard InChI is InChI=1S/C24H27ClN4O2S/c1-15-5-6-17(13-16(15)2)21-22(32-4)28-24(27-21)9-11-29(12-10-24)23(30)26-19-14-18(25)7-8-20(19)31-3/h5-8,13-14H,9-12H2,1-4H3,(H,26,30). The average Bonchev–Trinajstić information content (AvgIpc) is 3.14. The number of piperidine rings is 1. The van der Waals surface area contributed by atoms with Gasteiger partial charge in [0.1, 0.15) is 10.8 Å². The van der Waals surface area contributed by atoms with Gasteiger partial charge in [-0.05, 0) is 55.5 Å². The molecule has 1 fully saturated rings. The van der Waals surface area contributed by atoms with Crippen LogP contribution in [0.5, 0.6) is 5.75 Å². The molecule has 0 atom stereocenters. The molecule has 1 spiro atoms. The largest absolute Gasteiger partial charge is 0.495 e. The van der Waals surface area contributed by atoms with Crippen LogP contribution in [0, 0.1) is 13.8 Å². The monoisotopic (exact) mass is 470 g/mol. The van der Waals surface area contributed by atoms with Gasteiger partial charge in [0.2, 0.25) is 0 Å². The Bertz CT molecular complexity index is 1110. The third kappa shape index (κ3) is 4.50. The van der Waals surface area contributed by atoms with Gasteiger partial charge in [0.25, 0.3) is 0 Å². The minimum atomic E-state index is -0.489. The fourth-order valence-electron chi connectivity index (χ4n) is 4.01. The van der Waals surface area contributed by atoms with Gasteiger partial charge in [-0.15, -0.1) is 11.8 Å². The summed E-state index contributed by atoms with van der Waals surface area (Å²) in [5.74, 6) is 0.573. The van der Waals surface area contributed by atoms with E-state index in [1.54, 1.807) is 42.0 Å². The second-order valence-corrected chi connectivity index (χ2v) is 9.36. The summed E-state index contributed by atoms with van der Waals surface area (Å²) in [5, 5.41) is 4.42. The lowest BCUT2D eigenvalue weighted by atomic mass is 9.98. The molecule has 6 nitrogen and oxygen atoms in total. The molecule has 2 amide bonds. The first-order valence-corrected chi connectivity index (χ1v) is 12.2. The minimum absolute atomic E-state index is 0.175. The molecule has 0 aromatic heterocycles. The Balaban J connectivity index is 1.48. The second-order valence-electron chi connectivity index (χ2n) is 8.12. The fraction of sp³-hybridized carbons (Fsp3) is 0.375. The molecule has 1 N–H and O–H groups in total. The van der Waals surface area contributed by atoms with Crippen LogP contribution in [0.25, 0.3) is 0 Å². The third-order valence-electron chi connectivity index (χ3n) is 6.06. The quantitative estimate of drug-likeness (QED) is 0.639. The number of anilines is 1. The Morgan fingerprint density at radius 1 is 1.12 bits per heavy atom. The number of nitrogens with zero attached hydrogens (tertiary/aromatic N) is 3. The van der Waals surface area contributed by atoms with E-state index >= 15 is 0 Å². The van der Waals surface area contributed by atoms with Crippen molar-refractivity contribution in [3.8, 4) is 5.75 Å². The van der Waals surface area contributed by atoms with Gasteiger partial charge in [0.15, 0.2) is 5.66 Å².